The van der Waals surface area contributed by atoms with Gasteiger partial charge in [0.15, 0.2) is 4.77 Å². The van der Waals surface area contributed by atoms with Gasteiger partial charge in [0.2, 0.25) is 0 Å². The zero-order valence-corrected chi connectivity index (χ0v) is 11.6. The van der Waals surface area contributed by atoms with E-state index >= 15 is 0 Å². The van der Waals surface area contributed by atoms with E-state index in [0.29, 0.717) is 14.8 Å². The van der Waals surface area contributed by atoms with Crippen LogP contribution in [0.1, 0.15) is 5.56 Å². The summed E-state index contributed by atoms with van der Waals surface area (Å²) in [6.45, 7) is 0.868. The molecular formula is C12H9Cl2N3S. The highest BCUT2D eigenvalue weighted by molar-refractivity contribution is 7.71. The molecule has 1 aliphatic rings. The van der Waals surface area contributed by atoms with Gasteiger partial charge >= 0.3 is 0 Å². The van der Waals surface area contributed by atoms with E-state index in [4.69, 9.17) is 35.4 Å². The van der Waals surface area contributed by atoms with Gasteiger partial charge in [-0.25, -0.2) is 4.98 Å². The second kappa shape index (κ2) is 4.53. The maximum Gasteiger partial charge on any atom is 0.199 e. The summed E-state index contributed by atoms with van der Waals surface area (Å²) in [7, 11) is 0. The number of nitrogens with zero attached hydrogens (tertiary/aromatic N) is 1. The van der Waals surface area contributed by atoms with E-state index in [2.05, 4.69) is 15.3 Å². The Morgan fingerprint density at radius 3 is 2.89 bits per heavy atom. The van der Waals surface area contributed by atoms with Crippen LogP contribution in [0, 0.1) is 4.77 Å². The number of fused-ring (bicyclic) bond motifs is 1. The van der Waals surface area contributed by atoms with E-state index < -0.39 is 0 Å². The third-order valence-electron chi connectivity index (χ3n) is 2.90. The molecule has 0 amide bonds. The zero-order chi connectivity index (χ0) is 12.7. The van der Waals surface area contributed by atoms with Crippen molar-refractivity contribution >= 4 is 41.2 Å². The first-order chi connectivity index (χ1) is 8.65. The van der Waals surface area contributed by atoms with E-state index in [1.165, 1.54) is 0 Å². The molecule has 18 heavy (non-hydrogen) atoms. The molecule has 2 N–H and O–H groups in total. The van der Waals surface area contributed by atoms with Crippen molar-refractivity contribution in [2.45, 2.75) is 6.42 Å². The molecule has 2 heterocycles. The van der Waals surface area contributed by atoms with Gasteiger partial charge in [0.25, 0.3) is 0 Å². The average molecular weight is 298 g/mol. The van der Waals surface area contributed by atoms with Crippen molar-refractivity contribution in [1.29, 1.82) is 0 Å². The Balaban J connectivity index is 2.26. The number of H-pyrrole nitrogens is 1. The van der Waals surface area contributed by atoms with Crippen molar-refractivity contribution in [2.24, 2.45) is 0 Å². The molecule has 92 valence electrons. The lowest BCUT2D eigenvalue weighted by molar-refractivity contribution is 1.08. The van der Waals surface area contributed by atoms with E-state index in [0.717, 1.165) is 35.6 Å². The molecule has 0 saturated carbocycles. The van der Waals surface area contributed by atoms with Gasteiger partial charge < -0.3 is 10.3 Å². The molecule has 0 saturated heterocycles. The second-order valence-corrected chi connectivity index (χ2v) is 5.28. The van der Waals surface area contributed by atoms with Crippen LogP contribution >= 0.6 is 35.4 Å². The minimum absolute atomic E-state index is 0.448. The molecule has 3 nitrogen and oxygen atoms in total. The molecule has 3 rings (SSSR count). The molecule has 0 bridgehead atoms. The van der Waals surface area contributed by atoms with Gasteiger partial charge in [0.1, 0.15) is 5.82 Å². The fourth-order valence-corrected chi connectivity index (χ4v) is 2.81. The lowest BCUT2D eigenvalue weighted by Gasteiger charge is -2.09. The molecule has 1 aliphatic heterocycles. The van der Waals surface area contributed by atoms with E-state index in [9.17, 15) is 0 Å². The summed E-state index contributed by atoms with van der Waals surface area (Å²) in [5.74, 6) is 0.847. The van der Waals surface area contributed by atoms with Crippen LogP contribution in [0.25, 0.3) is 11.3 Å². The minimum Gasteiger partial charge on any atom is -0.369 e. The number of hydrogen-bond acceptors (Lipinski definition) is 3. The van der Waals surface area contributed by atoms with Crippen LogP contribution in [0.5, 0.6) is 0 Å². The van der Waals surface area contributed by atoms with Crippen molar-refractivity contribution in [3.05, 3.63) is 38.6 Å². The highest BCUT2D eigenvalue weighted by Crippen LogP contribution is 2.34. The van der Waals surface area contributed by atoms with Crippen LogP contribution in [0.4, 0.5) is 5.82 Å². The third-order valence-corrected chi connectivity index (χ3v) is 3.64. The fraction of sp³-hybridized carbons (Fsp3) is 0.167. The highest BCUT2D eigenvalue weighted by atomic mass is 35.5. The summed E-state index contributed by atoms with van der Waals surface area (Å²) in [5, 5.41) is 4.44. The number of aromatic nitrogens is 2. The second-order valence-electron chi connectivity index (χ2n) is 4.05. The average Bonchev–Trinajstić information content (AvgIpc) is 2.76. The van der Waals surface area contributed by atoms with Crippen LogP contribution in [-0.2, 0) is 6.42 Å². The number of rotatable bonds is 1. The number of benzene rings is 1. The van der Waals surface area contributed by atoms with Gasteiger partial charge in [-0.1, -0.05) is 23.2 Å². The Morgan fingerprint density at radius 1 is 1.28 bits per heavy atom. The van der Waals surface area contributed by atoms with Gasteiger partial charge in [0.05, 0.1) is 10.7 Å². The zero-order valence-electron chi connectivity index (χ0n) is 9.26. The van der Waals surface area contributed by atoms with Crippen LogP contribution in [0.2, 0.25) is 10.0 Å². The van der Waals surface area contributed by atoms with Gasteiger partial charge in [0, 0.05) is 22.7 Å². The van der Waals surface area contributed by atoms with E-state index in [1.54, 1.807) is 6.07 Å². The van der Waals surface area contributed by atoms with Crippen molar-refractivity contribution in [3.63, 3.8) is 0 Å². The maximum absolute atomic E-state index is 6.24. The molecular weight excluding hydrogens is 289 g/mol. The summed E-state index contributed by atoms with van der Waals surface area (Å²) in [4.78, 5) is 7.39. The first-order valence-corrected chi connectivity index (χ1v) is 6.64. The standard InChI is InChI=1S/C12H9Cl2N3S/c13-6-1-2-7(9(14)5-6)10-8-3-4-15-11(8)17-12(18)16-10/h1-2,5H,3-4H2,(H2,15,16,17,18). The molecule has 0 spiro atoms. The van der Waals surface area contributed by atoms with Crippen LogP contribution in [-0.4, -0.2) is 16.5 Å². The van der Waals surface area contributed by atoms with Crippen molar-refractivity contribution in [1.82, 2.24) is 9.97 Å². The SMILES string of the molecule is S=c1nc2c(c(-c3ccc(Cl)cc3Cl)[nH]1)CCN2. The molecule has 0 fully saturated rings. The number of aromatic amines is 1. The normalized spacial score (nSPS) is 13.2. The fourth-order valence-electron chi connectivity index (χ4n) is 2.12. The largest absolute Gasteiger partial charge is 0.369 e. The summed E-state index contributed by atoms with van der Waals surface area (Å²) in [5.41, 5.74) is 2.94. The maximum atomic E-state index is 6.24. The summed E-state index contributed by atoms with van der Waals surface area (Å²) in [6.07, 6.45) is 0.905. The van der Waals surface area contributed by atoms with E-state index in [1.807, 2.05) is 12.1 Å². The van der Waals surface area contributed by atoms with Crippen LogP contribution < -0.4 is 5.32 Å². The number of anilines is 1. The number of halogens is 2. The van der Waals surface area contributed by atoms with E-state index in [-0.39, 0.29) is 0 Å². The van der Waals surface area contributed by atoms with Crippen LogP contribution in [0.15, 0.2) is 18.2 Å². The predicted octanol–water partition coefficient (Wildman–Crippen LogP) is 4.08. The summed E-state index contributed by atoms with van der Waals surface area (Å²) in [6, 6.07) is 5.43. The Bertz CT molecular complexity index is 682. The first kappa shape index (κ1) is 12.0. The van der Waals surface area contributed by atoms with Crippen molar-refractivity contribution in [3.8, 4) is 11.3 Å². The lowest BCUT2D eigenvalue weighted by Crippen LogP contribution is -1.96. The number of nitrogens with one attached hydrogen (secondary N) is 2. The quantitative estimate of drug-likeness (QED) is 0.779. The molecule has 1 aromatic carbocycles. The minimum atomic E-state index is 0.448. The molecule has 0 aliphatic carbocycles. The number of hydrogen-bond donors (Lipinski definition) is 2. The molecule has 0 unspecified atom stereocenters. The predicted molar refractivity (Wildman–Crippen MR) is 77.1 cm³/mol. The Labute approximate surface area is 119 Å². The Kier molecular flexibility index (Phi) is 3.01. The Hall–Kier alpha value is -1.10. The topological polar surface area (TPSA) is 40.7 Å². The third kappa shape index (κ3) is 2.00. The van der Waals surface area contributed by atoms with Crippen molar-refractivity contribution < 1.29 is 0 Å². The van der Waals surface area contributed by atoms with Crippen LogP contribution in [0.3, 0.4) is 0 Å². The Morgan fingerprint density at radius 2 is 2.11 bits per heavy atom. The molecule has 0 radical (unpaired) electrons. The monoisotopic (exact) mass is 297 g/mol. The highest BCUT2D eigenvalue weighted by Gasteiger charge is 2.19. The van der Waals surface area contributed by atoms with Crippen molar-refractivity contribution in [2.75, 3.05) is 11.9 Å². The summed E-state index contributed by atoms with van der Waals surface area (Å²) >= 11 is 17.3. The molecule has 6 heteroatoms. The smallest absolute Gasteiger partial charge is 0.199 e. The van der Waals surface area contributed by atoms with Gasteiger partial charge in [-0.3, -0.25) is 0 Å². The van der Waals surface area contributed by atoms with Gasteiger partial charge in [-0.15, -0.1) is 0 Å². The molecule has 0 atom stereocenters. The molecule has 1 aromatic heterocycles. The van der Waals surface area contributed by atoms with Gasteiger partial charge in [-0.05, 0) is 36.8 Å². The summed E-state index contributed by atoms with van der Waals surface area (Å²) < 4.78 is 0.448. The first-order valence-electron chi connectivity index (χ1n) is 5.47. The lowest BCUT2D eigenvalue weighted by atomic mass is 10.1. The molecule has 2 aromatic rings. The van der Waals surface area contributed by atoms with Gasteiger partial charge in [-0.2, -0.15) is 0 Å².